The van der Waals surface area contributed by atoms with E-state index in [-0.39, 0.29) is 17.2 Å². The maximum Gasteiger partial charge on any atom is 0.224 e. The monoisotopic (exact) mass is 385 g/mol. The zero-order valence-electron chi connectivity index (χ0n) is 13.3. The Morgan fingerprint density at radius 2 is 1.83 bits per heavy atom. The molecule has 0 spiro atoms. The van der Waals surface area contributed by atoms with Crippen molar-refractivity contribution in [3.8, 4) is 0 Å². The molecular weight excluding hydrogens is 369 g/mol. The minimum atomic E-state index is -3.32. The summed E-state index contributed by atoms with van der Waals surface area (Å²) >= 11 is 11.9. The van der Waals surface area contributed by atoms with Gasteiger partial charge in [0.1, 0.15) is 0 Å². The number of hydrogen-bond acceptors (Lipinski definition) is 3. The van der Waals surface area contributed by atoms with Gasteiger partial charge in [-0.2, -0.15) is 0 Å². The van der Waals surface area contributed by atoms with E-state index in [1.807, 2.05) is 0 Å². The zero-order chi connectivity index (χ0) is 17.9. The van der Waals surface area contributed by atoms with Gasteiger partial charge in [-0.25, -0.2) is 8.42 Å². The highest BCUT2D eigenvalue weighted by Gasteiger charge is 2.12. The molecule has 0 atom stereocenters. The molecule has 128 valence electrons. The van der Waals surface area contributed by atoms with E-state index in [0.29, 0.717) is 22.2 Å². The largest absolute Gasteiger partial charge is 0.326 e. The number of carbonyl (C=O) groups excluding carboxylic acids is 1. The van der Waals surface area contributed by atoms with Gasteiger partial charge in [-0.15, -0.1) is 0 Å². The van der Waals surface area contributed by atoms with E-state index in [9.17, 15) is 13.2 Å². The molecular formula is C17H17Cl2NO3S. The Labute approximate surface area is 151 Å². The molecule has 1 amide bonds. The lowest BCUT2D eigenvalue weighted by atomic mass is 10.1. The summed E-state index contributed by atoms with van der Waals surface area (Å²) in [4.78, 5) is 12.3. The van der Waals surface area contributed by atoms with Crippen LogP contribution in [0.1, 0.15) is 17.5 Å². The lowest BCUT2D eigenvalue weighted by Gasteiger charge is -2.10. The number of anilines is 1. The van der Waals surface area contributed by atoms with Crippen LogP contribution in [0.15, 0.2) is 41.3 Å². The van der Waals surface area contributed by atoms with E-state index in [2.05, 4.69) is 5.32 Å². The number of carbonyl (C=O) groups is 1. The molecule has 0 aliphatic heterocycles. The first kappa shape index (κ1) is 18.8. The molecule has 0 aromatic heterocycles. The highest BCUT2D eigenvalue weighted by Crippen LogP contribution is 2.23. The molecule has 0 radical (unpaired) electrons. The first-order valence-electron chi connectivity index (χ1n) is 7.21. The van der Waals surface area contributed by atoms with Crippen LogP contribution < -0.4 is 5.32 Å². The molecule has 0 saturated carbocycles. The molecule has 24 heavy (non-hydrogen) atoms. The summed E-state index contributed by atoms with van der Waals surface area (Å²) in [5.41, 5.74) is 2.11. The van der Waals surface area contributed by atoms with Gasteiger partial charge in [-0.05, 0) is 48.7 Å². The van der Waals surface area contributed by atoms with Crippen molar-refractivity contribution < 1.29 is 13.2 Å². The lowest BCUT2D eigenvalue weighted by Crippen LogP contribution is -2.14. The first-order chi connectivity index (χ1) is 11.2. The predicted octanol–water partition coefficient (Wildman–Crippen LogP) is 4.28. The Morgan fingerprint density at radius 3 is 2.46 bits per heavy atom. The van der Waals surface area contributed by atoms with E-state index in [4.69, 9.17) is 23.2 Å². The number of rotatable bonds is 5. The van der Waals surface area contributed by atoms with Crippen molar-refractivity contribution in [2.24, 2.45) is 0 Å². The van der Waals surface area contributed by atoms with Gasteiger partial charge >= 0.3 is 0 Å². The summed E-state index contributed by atoms with van der Waals surface area (Å²) in [6.45, 7) is 1.80. The quantitative estimate of drug-likeness (QED) is 0.835. The van der Waals surface area contributed by atoms with E-state index in [0.717, 1.165) is 17.4 Å². The van der Waals surface area contributed by atoms with Crippen LogP contribution in [0.25, 0.3) is 0 Å². The van der Waals surface area contributed by atoms with Crippen LogP contribution in [-0.4, -0.2) is 20.6 Å². The van der Waals surface area contributed by atoms with Crippen LogP contribution in [0.3, 0.4) is 0 Å². The third-order valence-corrected chi connectivity index (χ3v) is 5.24. The molecule has 0 aliphatic carbocycles. The summed E-state index contributed by atoms with van der Waals surface area (Å²) in [5, 5.41) is 3.81. The standard InChI is InChI=1S/C17H17Cl2NO3S/c1-11-3-7-14(24(2,22)23)10-16(11)20-17(21)8-5-12-4-6-13(18)9-15(12)19/h3-4,6-7,9-10H,5,8H2,1-2H3,(H,20,21). The smallest absolute Gasteiger partial charge is 0.224 e. The number of benzene rings is 2. The zero-order valence-corrected chi connectivity index (χ0v) is 15.6. The maximum absolute atomic E-state index is 12.1. The Hall–Kier alpha value is -1.56. The number of sulfone groups is 1. The SMILES string of the molecule is Cc1ccc(S(C)(=O)=O)cc1NC(=O)CCc1ccc(Cl)cc1Cl. The Bertz CT molecular complexity index is 879. The van der Waals surface area contributed by atoms with Crippen molar-refractivity contribution in [3.63, 3.8) is 0 Å². The molecule has 0 fully saturated rings. The minimum absolute atomic E-state index is 0.171. The van der Waals surface area contributed by atoms with Gasteiger partial charge in [0, 0.05) is 28.4 Å². The minimum Gasteiger partial charge on any atom is -0.326 e. The van der Waals surface area contributed by atoms with E-state index >= 15 is 0 Å². The molecule has 7 heteroatoms. The van der Waals surface area contributed by atoms with Crippen LogP contribution >= 0.6 is 23.2 Å². The van der Waals surface area contributed by atoms with Crippen molar-refractivity contribution in [2.75, 3.05) is 11.6 Å². The number of nitrogens with one attached hydrogen (secondary N) is 1. The average Bonchev–Trinajstić information content (AvgIpc) is 2.47. The maximum atomic E-state index is 12.1. The Balaban J connectivity index is 2.07. The first-order valence-corrected chi connectivity index (χ1v) is 9.86. The molecule has 2 aromatic carbocycles. The molecule has 4 nitrogen and oxygen atoms in total. The Morgan fingerprint density at radius 1 is 1.12 bits per heavy atom. The summed E-state index contributed by atoms with van der Waals surface area (Å²) < 4.78 is 23.2. The molecule has 0 bridgehead atoms. The van der Waals surface area contributed by atoms with Gasteiger partial charge in [0.15, 0.2) is 9.84 Å². The molecule has 0 aliphatic rings. The molecule has 0 saturated heterocycles. The highest BCUT2D eigenvalue weighted by atomic mass is 35.5. The predicted molar refractivity (Wildman–Crippen MR) is 97.7 cm³/mol. The number of halogens is 2. The molecule has 2 rings (SSSR count). The topological polar surface area (TPSA) is 63.2 Å². The van der Waals surface area contributed by atoms with Gasteiger partial charge in [-0.3, -0.25) is 4.79 Å². The van der Waals surface area contributed by atoms with E-state index in [1.165, 1.54) is 12.1 Å². The van der Waals surface area contributed by atoms with Crippen LogP contribution in [0.4, 0.5) is 5.69 Å². The van der Waals surface area contributed by atoms with Gasteiger partial charge in [-0.1, -0.05) is 35.3 Å². The van der Waals surface area contributed by atoms with Crippen molar-refractivity contribution in [3.05, 3.63) is 57.6 Å². The number of hydrogen-bond donors (Lipinski definition) is 1. The molecule has 0 unspecified atom stereocenters. The Kier molecular flexibility index (Phi) is 5.91. The van der Waals surface area contributed by atoms with E-state index in [1.54, 1.807) is 31.2 Å². The summed E-state index contributed by atoms with van der Waals surface area (Å²) in [6.07, 6.45) is 1.82. The fraction of sp³-hybridized carbons (Fsp3) is 0.235. The van der Waals surface area contributed by atoms with Gasteiger partial charge < -0.3 is 5.32 Å². The highest BCUT2D eigenvalue weighted by molar-refractivity contribution is 7.90. The second kappa shape index (κ2) is 7.55. The third kappa shape index (κ3) is 4.97. The lowest BCUT2D eigenvalue weighted by molar-refractivity contribution is -0.116. The number of aryl methyl sites for hydroxylation is 2. The van der Waals surface area contributed by atoms with Crippen LogP contribution in [0.5, 0.6) is 0 Å². The van der Waals surface area contributed by atoms with E-state index < -0.39 is 9.84 Å². The fourth-order valence-electron chi connectivity index (χ4n) is 2.15. The fourth-order valence-corrected chi connectivity index (χ4v) is 3.30. The normalized spacial score (nSPS) is 11.3. The van der Waals surface area contributed by atoms with Gasteiger partial charge in [0.05, 0.1) is 4.90 Å². The number of amides is 1. The molecule has 1 N–H and O–H groups in total. The van der Waals surface area contributed by atoms with Gasteiger partial charge in [0.2, 0.25) is 5.91 Å². The van der Waals surface area contributed by atoms with Crippen LogP contribution in [0.2, 0.25) is 10.0 Å². The summed E-state index contributed by atoms with van der Waals surface area (Å²) in [5.74, 6) is -0.213. The van der Waals surface area contributed by atoms with Gasteiger partial charge in [0.25, 0.3) is 0 Å². The van der Waals surface area contributed by atoms with Crippen LogP contribution in [-0.2, 0) is 21.1 Å². The summed E-state index contributed by atoms with van der Waals surface area (Å²) in [6, 6.07) is 9.80. The third-order valence-electron chi connectivity index (χ3n) is 3.55. The average molecular weight is 386 g/mol. The van der Waals surface area contributed by atoms with Crippen molar-refractivity contribution in [1.82, 2.24) is 0 Å². The molecule has 0 heterocycles. The molecule has 2 aromatic rings. The second-order valence-corrected chi connectivity index (χ2v) is 8.39. The second-order valence-electron chi connectivity index (χ2n) is 5.53. The van der Waals surface area contributed by atoms with Crippen molar-refractivity contribution >= 4 is 44.6 Å². The van der Waals surface area contributed by atoms with Crippen LogP contribution in [0, 0.1) is 6.92 Å². The van der Waals surface area contributed by atoms with Crippen molar-refractivity contribution in [2.45, 2.75) is 24.7 Å². The van der Waals surface area contributed by atoms with Crippen molar-refractivity contribution in [1.29, 1.82) is 0 Å². The summed E-state index contributed by atoms with van der Waals surface area (Å²) in [7, 11) is -3.32.